The molecule has 0 spiro atoms. The van der Waals surface area contributed by atoms with Gasteiger partial charge in [0.05, 0.1) is 13.2 Å². The molecule has 1 amide bonds. The van der Waals surface area contributed by atoms with Crippen LogP contribution in [-0.4, -0.2) is 59.5 Å². The average Bonchev–Trinajstić information content (AvgIpc) is 3.37. The molecular weight excluding hydrogens is 426 g/mol. The Kier molecular flexibility index (Phi) is 5.85. The van der Waals surface area contributed by atoms with Crippen molar-refractivity contribution in [3.05, 3.63) is 41.4 Å². The summed E-state index contributed by atoms with van der Waals surface area (Å²) >= 11 is 7.27. The summed E-state index contributed by atoms with van der Waals surface area (Å²) in [6.45, 7) is 2.74. The van der Waals surface area contributed by atoms with Crippen molar-refractivity contribution in [1.82, 2.24) is 14.9 Å². The SMILES string of the molecule is CCOC(=O)CN1CC1C(=O)Nc1nc2ccc(N(C)c3ccc(Cl)cc3)nc2s1. The number of ether oxygens (including phenoxy) is 1. The Morgan fingerprint density at radius 1 is 1.27 bits per heavy atom. The largest absolute Gasteiger partial charge is 0.465 e. The molecule has 8 nitrogen and oxygen atoms in total. The van der Waals surface area contributed by atoms with Crippen LogP contribution in [0.15, 0.2) is 36.4 Å². The van der Waals surface area contributed by atoms with E-state index in [4.69, 9.17) is 16.3 Å². The van der Waals surface area contributed by atoms with Gasteiger partial charge >= 0.3 is 5.97 Å². The maximum Gasteiger partial charge on any atom is 0.320 e. The van der Waals surface area contributed by atoms with Crippen molar-refractivity contribution in [3.8, 4) is 0 Å². The normalized spacial score (nSPS) is 17.6. The molecule has 0 radical (unpaired) electrons. The van der Waals surface area contributed by atoms with Gasteiger partial charge in [-0.15, -0.1) is 0 Å². The standard InChI is InChI=1S/C20H20ClN5O3S/c1-3-29-17(27)11-26-10-15(26)18(28)24-20-22-14-8-9-16(23-19(14)30-20)25(2)13-6-4-12(21)5-7-13/h4-9,15H,3,10-11H2,1-2H3,(H,22,24,28). The molecule has 3 heterocycles. The van der Waals surface area contributed by atoms with Crippen LogP contribution in [0, 0.1) is 0 Å². The minimum absolute atomic E-state index is 0.119. The van der Waals surface area contributed by atoms with E-state index >= 15 is 0 Å². The zero-order valence-electron chi connectivity index (χ0n) is 16.5. The Balaban J connectivity index is 1.42. The van der Waals surface area contributed by atoms with Crippen molar-refractivity contribution in [2.24, 2.45) is 0 Å². The van der Waals surface area contributed by atoms with Crippen LogP contribution < -0.4 is 10.2 Å². The van der Waals surface area contributed by atoms with Gasteiger partial charge in [-0.3, -0.25) is 14.5 Å². The van der Waals surface area contributed by atoms with Gasteiger partial charge in [0.15, 0.2) is 5.13 Å². The number of anilines is 3. The smallest absolute Gasteiger partial charge is 0.320 e. The van der Waals surface area contributed by atoms with Gasteiger partial charge in [0.2, 0.25) is 5.91 Å². The van der Waals surface area contributed by atoms with Crippen LogP contribution >= 0.6 is 22.9 Å². The van der Waals surface area contributed by atoms with Gasteiger partial charge in [-0.2, -0.15) is 0 Å². The van der Waals surface area contributed by atoms with Crippen molar-refractivity contribution >= 4 is 61.8 Å². The van der Waals surface area contributed by atoms with Gasteiger partial charge in [0, 0.05) is 24.3 Å². The summed E-state index contributed by atoms with van der Waals surface area (Å²) in [7, 11) is 1.92. The van der Waals surface area contributed by atoms with Crippen LogP contribution in [0.5, 0.6) is 0 Å². The molecule has 0 bridgehead atoms. The summed E-state index contributed by atoms with van der Waals surface area (Å²) in [6, 6.07) is 10.9. The number of fused-ring (bicyclic) bond motifs is 1. The van der Waals surface area contributed by atoms with Crippen molar-refractivity contribution in [3.63, 3.8) is 0 Å². The lowest BCUT2D eigenvalue weighted by Crippen LogP contribution is -2.25. The summed E-state index contributed by atoms with van der Waals surface area (Å²) in [6.07, 6.45) is 0. The highest BCUT2D eigenvalue weighted by atomic mass is 35.5. The minimum atomic E-state index is -0.332. The molecule has 2 unspecified atom stereocenters. The van der Waals surface area contributed by atoms with Crippen LogP contribution in [0.4, 0.5) is 16.6 Å². The van der Waals surface area contributed by atoms with Gasteiger partial charge in [-0.25, -0.2) is 9.97 Å². The zero-order chi connectivity index (χ0) is 21.3. The Morgan fingerprint density at radius 2 is 2.03 bits per heavy atom. The van der Waals surface area contributed by atoms with Gasteiger partial charge in [-0.05, 0) is 43.3 Å². The van der Waals surface area contributed by atoms with E-state index in [1.165, 1.54) is 11.3 Å². The van der Waals surface area contributed by atoms with Crippen LogP contribution in [0.3, 0.4) is 0 Å². The summed E-state index contributed by atoms with van der Waals surface area (Å²) in [5.74, 6) is 0.250. The predicted octanol–water partition coefficient (Wildman–Crippen LogP) is 3.30. The van der Waals surface area contributed by atoms with E-state index in [1.54, 1.807) is 11.8 Å². The number of carbonyl (C=O) groups is 2. The second-order valence-electron chi connectivity index (χ2n) is 6.79. The number of halogens is 1. The van der Waals surface area contributed by atoms with Crippen molar-refractivity contribution in [2.45, 2.75) is 13.0 Å². The van der Waals surface area contributed by atoms with Crippen molar-refractivity contribution in [2.75, 3.05) is 37.0 Å². The van der Waals surface area contributed by atoms with Crippen LogP contribution in [-0.2, 0) is 14.3 Å². The quantitative estimate of drug-likeness (QED) is 0.441. The Morgan fingerprint density at radius 3 is 2.77 bits per heavy atom. The summed E-state index contributed by atoms with van der Waals surface area (Å²) < 4.78 is 4.91. The summed E-state index contributed by atoms with van der Waals surface area (Å²) in [4.78, 5) is 37.5. The van der Waals surface area contributed by atoms with E-state index < -0.39 is 0 Å². The average molecular weight is 446 g/mol. The molecule has 1 aliphatic heterocycles. The lowest BCUT2D eigenvalue weighted by Gasteiger charge is -2.18. The van der Waals surface area contributed by atoms with Gasteiger partial charge in [0.1, 0.15) is 22.2 Å². The van der Waals surface area contributed by atoms with E-state index in [-0.39, 0.29) is 24.5 Å². The molecule has 30 heavy (non-hydrogen) atoms. The van der Waals surface area contributed by atoms with Crippen molar-refractivity contribution < 1.29 is 14.3 Å². The van der Waals surface area contributed by atoms with Gasteiger partial charge < -0.3 is 15.0 Å². The van der Waals surface area contributed by atoms with Crippen LogP contribution in [0.2, 0.25) is 5.02 Å². The molecule has 1 aliphatic rings. The third-order valence-corrected chi connectivity index (χ3v) is 5.82. The number of nitrogens with zero attached hydrogens (tertiary/aromatic N) is 4. The van der Waals surface area contributed by atoms with Crippen molar-refractivity contribution in [1.29, 1.82) is 0 Å². The monoisotopic (exact) mass is 445 g/mol. The summed E-state index contributed by atoms with van der Waals surface area (Å²) in [5.41, 5.74) is 1.67. The molecular formula is C20H20ClN5O3S. The fraction of sp³-hybridized carbons (Fsp3) is 0.300. The lowest BCUT2D eigenvalue weighted by atomic mass is 10.3. The second kappa shape index (κ2) is 8.55. The molecule has 1 fully saturated rings. The number of aromatic nitrogens is 2. The molecule has 156 valence electrons. The minimum Gasteiger partial charge on any atom is -0.465 e. The molecule has 1 saturated heterocycles. The number of carbonyl (C=O) groups excluding carboxylic acids is 2. The molecule has 4 rings (SSSR count). The Labute approximate surface area is 182 Å². The molecule has 1 N–H and O–H groups in total. The first kappa shape index (κ1) is 20.5. The number of amides is 1. The molecule has 3 aromatic rings. The van der Waals surface area contributed by atoms with Gasteiger partial charge in [-0.1, -0.05) is 22.9 Å². The fourth-order valence-electron chi connectivity index (χ4n) is 3.00. The number of benzene rings is 1. The van der Waals surface area contributed by atoms with E-state index in [9.17, 15) is 9.59 Å². The maximum absolute atomic E-state index is 12.4. The highest BCUT2D eigenvalue weighted by Crippen LogP contribution is 2.30. The first-order valence-electron chi connectivity index (χ1n) is 9.42. The van der Waals surface area contributed by atoms with Crippen LogP contribution in [0.25, 0.3) is 10.3 Å². The maximum atomic E-state index is 12.4. The number of nitrogens with one attached hydrogen (secondary N) is 1. The molecule has 2 aromatic heterocycles. The number of thiazole rings is 1. The van der Waals surface area contributed by atoms with Gasteiger partial charge in [0.25, 0.3) is 0 Å². The number of hydrogen-bond donors (Lipinski definition) is 1. The fourth-order valence-corrected chi connectivity index (χ4v) is 3.97. The first-order chi connectivity index (χ1) is 14.4. The summed E-state index contributed by atoms with van der Waals surface area (Å²) in [5, 5.41) is 3.98. The predicted molar refractivity (Wildman–Crippen MR) is 118 cm³/mol. The molecule has 0 saturated carbocycles. The molecule has 10 heteroatoms. The Bertz CT molecular complexity index is 1090. The van der Waals surface area contributed by atoms with E-state index in [1.807, 2.05) is 48.3 Å². The second-order valence-corrected chi connectivity index (χ2v) is 8.20. The Hall–Kier alpha value is -2.75. The number of pyridine rings is 1. The third-order valence-electron chi connectivity index (χ3n) is 4.68. The topological polar surface area (TPSA) is 87.4 Å². The highest BCUT2D eigenvalue weighted by molar-refractivity contribution is 7.22. The molecule has 1 aromatic carbocycles. The lowest BCUT2D eigenvalue weighted by molar-refractivity contribution is -0.143. The van der Waals surface area contributed by atoms with E-state index in [0.717, 1.165) is 16.3 Å². The van der Waals surface area contributed by atoms with E-state index in [0.29, 0.717) is 28.8 Å². The number of rotatable bonds is 7. The third kappa shape index (κ3) is 4.53. The number of esters is 1. The van der Waals surface area contributed by atoms with Crippen LogP contribution in [0.1, 0.15) is 6.92 Å². The first-order valence-corrected chi connectivity index (χ1v) is 10.6. The molecule has 0 aliphatic carbocycles. The zero-order valence-corrected chi connectivity index (χ0v) is 18.0. The van der Waals surface area contributed by atoms with E-state index in [2.05, 4.69) is 15.3 Å². The molecule has 2 atom stereocenters. The number of hydrogen-bond acceptors (Lipinski definition) is 8. The highest BCUT2D eigenvalue weighted by Gasteiger charge is 2.42.